The molecular formula is C15H14FNO4. The first-order chi connectivity index (χ1) is 9.95. The molecule has 0 saturated heterocycles. The number of rotatable bonds is 5. The highest BCUT2D eigenvalue weighted by molar-refractivity contribution is 5.66. The summed E-state index contributed by atoms with van der Waals surface area (Å²) < 4.78 is 19.6. The zero-order valence-corrected chi connectivity index (χ0v) is 11.4. The largest absolute Gasteiger partial charge is 0.483 e. The summed E-state index contributed by atoms with van der Waals surface area (Å²) in [4.78, 5) is 22.6. The highest BCUT2D eigenvalue weighted by Crippen LogP contribution is 2.10. The van der Waals surface area contributed by atoms with E-state index in [1.165, 1.54) is 29.0 Å². The number of aromatic nitrogens is 1. The van der Waals surface area contributed by atoms with Gasteiger partial charge in [0.15, 0.2) is 5.75 Å². The molecule has 2 aromatic rings. The number of carboxylic acid groups (broad SMARTS) is 1. The van der Waals surface area contributed by atoms with Crippen molar-refractivity contribution in [3.05, 3.63) is 63.8 Å². The number of ether oxygens (including phenoxy) is 1. The van der Waals surface area contributed by atoms with Gasteiger partial charge in [-0.1, -0.05) is 12.1 Å². The molecule has 5 nitrogen and oxygen atoms in total. The Hall–Kier alpha value is -2.63. The Labute approximate surface area is 120 Å². The van der Waals surface area contributed by atoms with Crippen LogP contribution in [0.3, 0.4) is 0 Å². The van der Waals surface area contributed by atoms with Gasteiger partial charge in [0.25, 0.3) is 0 Å². The van der Waals surface area contributed by atoms with Crippen LogP contribution in [0.5, 0.6) is 5.75 Å². The average molecular weight is 291 g/mol. The maximum Gasteiger partial charge on any atom is 0.323 e. The SMILES string of the molecule is Cc1cc(=O)c(OCc2ccc(F)cc2)cn1CC(=O)O. The fourth-order valence-corrected chi connectivity index (χ4v) is 1.82. The molecule has 0 saturated carbocycles. The van der Waals surface area contributed by atoms with E-state index in [2.05, 4.69) is 0 Å². The lowest BCUT2D eigenvalue weighted by Crippen LogP contribution is -2.17. The number of nitrogens with zero attached hydrogens (tertiary/aromatic N) is 1. The molecule has 0 bridgehead atoms. The summed E-state index contributed by atoms with van der Waals surface area (Å²) in [6.45, 7) is 1.50. The van der Waals surface area contributed by atoms with Gasteiger partial charge in [0.05, 0.1) is 6.20 Å². The molecule has 0 spiro atoms. The molecule has 0 radical (unpaired) electrons. The monoisotopic (exact) mass is 291 g/mol. The van der Waals surface area contributed by atoms with Gasteiger partial charge in [-0.3, -0.25) is 9.59 Å². The van der Waals surface area contributed by atoms with Crippen LogP contribution in [0.15, 0.2) is 41.3 Å². The van der Waals surface area contributed by atoms with Crippen molar-refractivity contribution >= 4 is 5.97 Å². The number of carbonyl (C=O) groups is 1. The molecule has 6 heteroatoms. The van der Waals surface area contributed by atoms with Crippen molar-refractivity contribution in [2.45, 2.75) is 20.1 Å². The van der Waals surface area contributed by atoms with E-state index >= 15 is 0 Å². The van der Waals surface area contributed by atoms with Gasteiger partial charge < -0.3 is 14.4 Å². The normalized spacial score (nSPS) is 10.4. The third-order valence-corrected chi connectivity index (χ3v) is 2.92. The minimum absolute atomic E-state index is 0.0613. The Morgan fingerprint density at radius 2 is 2.00 bits per heavy atom. The van der Waals surface area contributed by atoms with Gasteiger partial charge in [-0.25, -0.2) is 4.39 Å². The quantitative estimate of drug-likeness (QED) is 0.914. The maximum absolute atomic E-state index is 12.8. The first kappa shape index (κ1) is 14.8. The zero-order valence-electron chi connectivity index (χ0n) is 11.4. The molecule has 1 N–H and O–H groups in total. The van der Waals surface area contributed by atoms with Gasteiger partial charge in [-0.05, 0) is 24.6 Å². The smallest absolute Gasteiger partial charge is 0.323 e. The van der Waals surface area contributed by atoms with Crippen LogP contribution in [0.4, 0.5) is 4.39 Å². The topological polar surface area (TPSA) is 68.5 Å². The highest BCUT2D eigenvalue weighted by Gasteiger charge is 2.08. The third-order valence-electron chi connectivity index (χ3n) is 2.92. The number of aliphatic carboxylic acids is 1. The van der Waals surface area contributed by atoms with Crippen molar-refractivity contribution in [2.75, 3.05) is 0 Å². The Bertz CT molecular complexity index is 707. The lowest BCUT2D eigenvalue weighted by atomic mass is 10.2. The second kappa shape index (κ2) is 6.21. The number of pyridine rings is 1. The maximum atomic E-state index is 12.8. The minimum Gasteiger partial charge on any atom is -0.483 e. The number of hydrogen-bond acceptors (Lipinski definition) is 3. The number of hydrogen-bond donors (Lipinski definition) is 1. The van der Waals surface area contributed by atoms with Crippen molar-refractivity contribution in [3.8, 4) is 5.75 Å². The van der Waals surface area contributed by atoms with Crippen LogP contribution < -0.4 is 10.2 Å². The van der Waals surface area contributed by atoms with Crippen molar-refractivity contribution in [1.29, 1.82) is 0 Å². The van der Waals surface area contributed by atoms with Crippen LogP contribution in [-0.4, -0.2) is 15.6 Å². The summed E-state index contributed by atoms with van der Waals surface area (Å²) in [5, 5.41) is 8.81. The summed E-state index contributed by atoms with van der Waals surface area (Å²) in [6.07, 6.45) is 1.37. The van der Waals surface area contributed by atoms with Gasteiger partial charge >= 0.3 is 5.97 Å². The molecule has 1 aromatic heterocycles. The summed E-state index contributed by atoms with van der Waals surface area (Å²) in [5.41, 5.74) is 0.925. The van der Waals surface area contributed by atoms with Gasteiger partial charge in [0.2, 0.25) is 5.43 Å². The molecule has 0 atom stereocenters. The van der Waals surface area contributed by atoms with Crippen LogP contribution in [-0.2, 0) is 17.9 Å². The second-order valence-corrected chi connectivity index (χ2v) is 4.58. The predicted octanol–water partition coefficient (Wildman–Crippen LogP) is 1.96. The zero-order chi connectivity index (χ0) is 15.4. The summed E-state index contributed by atoms with van der Waals surface area (Å²) >= 11 is 0. The van der Waals surface area contributed by atoms with Crippen LogP contribution >= 0.6 is 0 Å². The first-order valence-electron chi connectivity index (χ1n) is 6.26. The Balaban J connectivity index is 2.17. The van der Waals surface area contributed by atoms with E-state index in [9.17, 15) is 14.0 Å². The van der Waals surface area contributed by atoms with E-state index < -0.39 is 5.97 Å². The Morgan fingerprint density at radius 1 is 1.33 bits per heavy atom. The van der Waals surface area contributed by atoms with Gasteiger partial charge in [0.1, 0.15) is 19.0 Å². The molecule has 0 aliphatic rings. The van der Waals surface area contributed by atoms with E-state index in [0.717, 1.165) is 0 Å². The third kappa shape index (κ3) is 3.92. The predicted molar refractivity (Wildman–Crippen MR) is 73.8 cm³/mol. The summed E-state index contributed by atoms with van der Waals surface area (Å²) in [7, 11) is 0. The minimum atomic E-state index is -1.01. The Morgan fingerprint density at radius 3 is 2.62 bits per heavy atom. The lowest BCUT2D eigenvalue weighted by Gasteiger charge is -2.11. The Kier molecular flexibility index (Phi) is 4.37. The molecule has 21 heavy (non-hydrogen) atoms. The van der Waals surface area contributed by atoms with Gasteiger partial charge in [-0.2, -0.15) is 0 Å². The molecule has 0 unspecified atom stereocenters. The molecular weight excluding hydrogens is 277 g/mol. The van der Waals surface area contributed by atoms with E-state index in [4.69, 9.17) is 9.84 Å². The number of aryl methyl sites for hydroxylation is 1. The number of benzene rings is 1. The first-order valence-corrected chi connectivity index (χ1v) is 6.26. The standard InChI is InChI=1S/C15H14FNO4/c1-10-6-13(18)14(7-17(10)8-15(19)20)21-9-11-2-4-12(16)5-3-11/h2-7H,8-9H2,1H3,(H,19,20). The highest BCUT2D eigenvalue weighted by atomic mass is 19.1. The molecule has 1 aromatic carbocycles. The molecule has 0 amide bonds. The molecule has 0 aliphatic heterocycles. The summed E-state index contributed by atoms with van der Waals surface area (Å²) in [6, 6.07) is 7.04. The second-order valence-electron chi connectivity index (χ2n) is 4.58. The van der Waals surface area contributed by atoms with Crippen LogP contribution in [0.25, 0.3) is 0 Å². The average Bonchev–Trinajstić information content (AvgIpc) is 2.42. The van der Waals surface area contributed by atoms with Crippen LogP contribution in [0.2, 0.25) is 0 Å². The van der Waals surface area contributed by atoms with Gasteiger partial charge in [-0.15, -0.1) is 0 Å². The van der Waals surface area contributed by atoms with E-state index in [1.54, 1.807) is 19.1 Å². The van der Waals surface area contributed by atoms with Gasteiger partial charge in [0, 0.05) is 11.8 Å². The van der Waals surface area contributed by atoms with E-state index in [-0.39, 0.29) is 30.1 Å². The van der Waals surface area contributed by atoms with Crippen LogP contribution in [0, 0.1) is 12.7 Å². The van der Waals surface area contributed by atoms with Crippen molar-refractivity contribution < 1.29 is 19.0 Å². The molecule has 0 fully saturated rings. The molecule has 2 rings (SSSR count). The molecule has 110 valence electrons. The molecule has 0 aliphatic carbocycles. The number of carboxylic acids is 1. The molecule has 1 heterocycles. The van der Waals surface area contributed by atoms with Crippen molar-refractivity contribution in [2.24, 2.45) is 0 Å². The van der Waals surface area contributed by atoms with Crippen LogP contribution in [0.1, 0.15) is 11.3 Å². The fraction of sp³-hybridized carbons (Fsp3) is 0.200. The fourth-order valence-electron chi connectivity index (χ4n) is 1.82. The number of halogens is 1. The summed E-state index contributed by atoms with van der Waals surface area (Å²) in [5.74, 6) is -1.30. The van der Waals surface area contributed by atoms with E-state index in [1.807, 2.05) is 0 Å². The van der Waals surface area contributed by atoms with Crippen molar-refractivity contribution in [1.82, 2.24) is 4.57 Å². The van der Waals surface area contributed by atoms with E-state index in [0.29, 0.717) is 11.3 Å². The lowest BCUT2D eigenvalue weighted by molar-refractivity contribution is -0.137. The van der Waals surface area contributed by atoms with Crippen molar-refractivity contribution in [3.63, 3.8) is 0 Å².